The minimum absolute atomic E-state index is 0.0843. The first-order chi connectivity index (χ1) is 36.0. The van der Waals surface area contributed by atoms with Crippen LogP contribution in [0.2, 0.25) is 0 Å². The van der Waals surface area contributed by atoms with E-state index in [2.05, 4.69) is 93.7 Å². The van der Waals surface area contributed by atoms with Crippen LogP contribution in [0.3, 0.4) is 0 Å². The second-order valence-electron chi connectivity index (χ2n) is 20.9. The van der Waals surface area contributed by atoms with Crippen molar-refractivity contribution in [1.29, 1.82) is 0 Å². The molecule has 0 aliphatic carbocycles. The monoisotopic (exact) mass is 1020 g/mol. The fourth-order valence-corrected chi connectivity index (χ4v) is 9.00. The Morgan fingerprint density at radius 3 is 0.863 bits per heavy atom. The quantitative estimate of drug-likeness (QED) is 0.0261. The summed E-state index contributed by atoms with van der Waals surface area (Å²) in [5.74, 6) is -0.903. The van der Waals surface area contributed by atoms with E-state index in [4.69, 9.17) is 14.2 Å². The second-order valence-corrected chi connectivity index (χ2v) is 20.9. The molecule has 422 valence electrons. The van der Waals surface area contributed by atoms with Crippen LogP contribution in [-0.4, -0.2) is 37.2 Å². The number of rotatable bonds is 57. The molecule has 0 N–H and O–H groups in total. The van der Waals surface area contributed by atoms with Crippen LogP contribution < -0.4 is 0 Å². The summed E-state index contributed by atoms with van der Waals surface area (Å²) in [7, 11) is 0. The smallest absolute Gasteiger partial charge is 0.306 e. The second kappa shape index (κ2) is 61.4. The van der Waals surface area contributed by atoms with Crippen molar-refractivity contribution in [3.8, 4) is 0 Å². The maximum Gasteiger partial charge on any atom is 0.306 e. The van der Waals surface area contributed by atoms with Gasteiger partial charge in [-0.15, -0.1) is 0 Å². The van der Waals surface area contributed by atoms with Crippen molar-refractivity contribution < 1.29 is 28.6 Å². The van der Waals surface area contributed by atoms with Crippen LogP contribution in [-0.2, 0) is 28.6 Å². The molecule has 6 nitrogen and oxygen atoms in total. The van der Waals surface area contributed by atoms with E-state index in [9.17, 15) is 14.4 Å². The van der Waals surface area contributed by atoms with Crippen LogP contribution >= 0.6 is 0 Å². The molecule has 0 aliphatic rings. The van der Waals surface area contributed by atoms with E-state index in [1.54, 1.807) is 0 Å². The van der Waals surface area contributed by atoms with Crippen molar-refractivity contribution in [1.82, 2.24) is 0 Å². The molecular formula is C67H118O6. The number of unbranched alkanes of at least 4 members (excludes halogenated alkanes) is 34. The molecule has 0 amide bonds. The Labute approximate surface area is 453 Å². The summed E-state index contributed by atoms with van der Waals surface area (Å²) in [4.78, 5) is 38.3. The summed E-state index contributed by atoms with van der Waals surface area (Å²) in [6.45, 7) is 6.54. The largest absolute Gasteiger partial charge is 0.462 e. The van der Waals surface area contributed by atoms with Gasteiger partial charge in [0.2, 0.25) is 0 Å². The molecule has 0 unspecified atom stereocenters. The molecular weight excluding hydrogens is 901 g/mol. The van der Waals surface area contributed by atoms with E-state index in [0.717, 1.165) is 96.3 Å². The Balaban J connectivity index is 4.41. The van der Waals surface area contributed by atoms with E-state index in [0.29, 0.717) is 19.3 Å². The first-order valence-electron chi connectivity index (χ1n) is 31.4. The van der Waals surface area contributed by atoms with E-state index in [-0.39, 0.29) is 31.1 Å². The Hall–Kier alpha value is -3.15. The van der Waals surface area contributed by atoms with Gasteiger partial charge in [-0.25, -0.2) is 0 Å². The summed E-state index contributed by atoms with van der Waals surface area (Å²) >= 11 is 0. The third kappa shape index (κ3) is 59.6. The van der Waals surface area contributed by atoms with Crippen molar-refractivity contribution in [2.45, 2.75) is 322 Å². The van der Waals surface area contributed by atoms with Crippen LogP contribution in [0.25, 0.3) is 0 Å². The Kier molecular flexibility index (Phi) is 58.7. The highest BCUT2D eigenvalue weighted by molar-refractivity contribution is 5.71. The average molecular weight is 1020 g/mol. The molecule has 0 heterocycles. The maximum absolute atomic E-state index is 12.9. The predicted molar refractivity (Wildman–Crippen MR) is 316 cm³/mol. The summed E-state index contributed by atoms with van der Waals surface area (Å²) in [6.07, 6.45) is 79.0. The van der Waals surface area contributed by atoms with Crippen LogP contribution in [0, 0.1) is 0 Å². The van der Waals surface area contributed by atoms with Gasteiger partial charge in [0.15, 0.2) is 6.10 Å². The molecule has 0 saturated heterocycles. The molecule has 0 bridgehead atoms. The van der Waals surface area contributed by atoms with E-state index >= 15 is 0 Å². The van der Waals surface area contributed by atoms with Crippen LogP contribution in [0.15, 0.2) is 72.9 Å². The summed E-state index contributed by atoms with van der Waals surface area (Å²) in [6, 6.07) is 0. The Morgan fingerprint density at radius 2 is 0.534 bits per heavy atom. The van der Waals surface area contributed by atoms with Crippen LogP contribution in [0.5, 0.6) is 0 Å². The molecule has 0 aliphatic heterocycles. The molecule has 0 radical (unpaired) electrons. The highest BCUT2D eigenvalue weighted by Gasteiger charge is 2.19. The zero-order chi connectivity index (χ0) is 52.9. The third-order valence-corrected chi connectivity index (χ3v) is 13.7. The number of allylic oxidation sites excluding steroid dienone is 12. The number of esters is 3. The number of hydrogen-bond acceptors (Lipinski definition) is 6. The van der Waals surface area contributed by atoms with Crippen molar-refractivity contribution in [2.24, 2.45) is 0 Å². The van der Waals surface area contributed by atoms with Crippen molar-refractivity contribution in [3.63, 3.8) is 0 Å². The summed E-state index contributed by atoms with van der Waals surface area (Å²) in [5, 5.41) is 0. The molecule has 1 atom stereocenters. The molecule has 0 spiro atoms. The number of carbonyl (C=O) groups is 3. The van der Waals surface area contributed by atoms with Crippen molar-refractivity contribution >= 4 is 17.9 Å². The fourth-order valence-electron chi connectivity index (χ4n) is 9.00. The van der Waals surface area contributed by atoms with Crippen molar-refractivity contribution in [2.75, 3.05) is 13.2 Å². The maximum atomic E-state index is 12.9. The number of hydrogen-bond donors (Lipinski definition) is 0. The topological polar surface area (TPSA) is 78.9 Å². The SMILES string of the molecule is CC/C=C\C/C=C\C/C=C\C/C=C\C/C=C\CCCCCC(=O)OC[C@H](COC(=O)CCCCCCCCCCC/C=C\CCCCCCCC)OC(=O)CCCCCCCCCCCCCCCCCCC. The number of carbonyl (C=O) groups excluding carboxylic acids is 3. The van der Waals surface area contributed by atoms with Gasteiger partial charge in [-0.3, -0.25) is 14.4 Å². The first kappa shape index (κ1) is 69.8. The van der Waals surface area contributed by atoms with Gasteiger partial charge in [0.05, 0.1) is 0 Å². The lowest BCUT2D eigenvalue weighted by Crippen LogP contribution is -2.30. The lowest BCUT2D eigenvalue weighted by Gasteiger charge is -2.18. The summed E-state index contributed by atoms with van der Waals surface area (Å²) < 4.78 is 16.9. The fraction of sp³-hybridized carbons (Fsp3) is 0.776. The van der Waals surface area contributed by atoms with E-state index < -0.39 is 6.10 Å². The molecule has 0 aromatic rings. The predicted octanol–water partition coefficient (Wildman–Crippen LogP) is 21.3. The minimum atomic E-state index is -0.789. The lowest BCUT2D eigenvalue weighted by molar-refractivity contribution is -0.167. The van der Waals surface area contributed by atoms with Crippen molar-refractivity contribution in [3.05, 3.63) is 72.9 Å². The third-order valence-electron chi connectivity index (χ3n) is 13.7. The van der Waals surface area contributed by atoms with Gasteiger partial charge in [0.25, 0.3) is 0 Å². The molecule has 6 heteroatoms. The zero-order valence-electron chi connectivity index (χ0n) is 48.4. The molecule has 0 aromatic heterocycles. The zero-order valence-corrected chi connectivity index (χ0v) is 48.4. The van der Waals surface area contributed by atoms with Gasteiger partial charge in [0, 0.05) is 19.3 Å². The van der Waals surface area contributed by atoms with Gasteiger partial charge >= 0.3 is 17.9 Å². The highest BCUT2D eigenvalue weighted by Crippen LogP contribution is 2.17. The molecule has 0 fully saturated rings. The summed E-state index contributed by atoms with van der Waals surface area (Å²) in [5.41, 5.74) is 0. The highest BCUT2D eigenvalue weighted by atomic mass is 16.6. The normalized spacial score (nSPS) is 12.5. The van der Waals surface area contributed by atoms with Gasteiger partial charge in [-0.05, 0) is 89.9 Å². The van der Waals surface area contributed by atoms with E-state index in [1.807, 2.05) is 0 Å². The number of ether oxygens (including phenoxy) is 3. The molecule has 73 heavy (non-hydrogen) atoms. The van der Waals surface area contributed by atoms with Gasteiger partial charge in [-0.2, -0.15) is 0 Å². The Bertz CT molecular complexity index is 1360. The Morgan fingerprint density at radius 1 is 0.288 bits per heavy atom. The standard InChI is InChI=1S/C67H118O6/c1-4-7-10-13-16-19-22-25-28-31-33-36-38-41-44-47-50-53-56-59-65(68)71-62-64(73-67(70)61-58-55-52-49-46-43-40-35-30-27-24-21-18-15-12-9-6-3)63-72-66(69)60-57-54-51-48-45-42-39-37-34-32-29-26-23-20-17-14-11-8-5-2/h7,10,16,19,25-26,28-29,33,36,41,44,64H,4-6,8-9,11-15,17-18,20-24,27,30-32,34-35,37-40,42-43,45-63H2,1-3H3/b10-7-,19-16-,28-25-,29-26-,36-33-,44-41-/t64-/m1/s1. The average Bonchev–Trinajstić information content (AvgIpc) is 3.39. The van der Waals surface area contributed by atoms with E-state index in [1.165, 1.54) is 180 Å². The molecule has 0 aromatic carbocycles. The van der Waals surface area contributed by atoms with Gasteiger partial charge in [0.1, 0.15) is 13.2 Å². The molecule has 0 rings (SSSR count). The molecule has 0 saturated carbocycles. The lowest BCUT2D eigenvalue weighted by atomic mass is 10.0. The van der Waals surface area contributed by atoms with Crippen LogP contribution in [0.4, 0.5) is 0 Å². The first-order valence-corrected chi connectivity index (χ1v) is 31.4. The van der Waals surface area contributed by atoms with Gasteiger partial charge < -0.3 is 14.2 Å². The minimum Gasteiger partial charge on any atom is -0.462 e. The van der Waals surface area contributed by atoms with Crippen LogP contribution in [0.1, 0.15) is 316 Å². The van der Waals surface area contributed by atoms with Gasteiger partial charge in [-0.1, -0.05) is 280 Å².